The molecule has 0 bridgehead atoms. The number of alkyl halides is 4. The number of halogens is 5. The second-order valence-electron chi connectivity index (χ2n) is 1.30. The van der Waals surface area contributed by atoms with E-state index in [0.717, 1.165) is 0 Å². The van der Waals surface area contributed by atoms with Gasteiger partial charge >= 0.3 is 63.5 Å². The third kappa shape index (κ3) is 5.07. The minimum absolute atomic E-state index is 0. The molecule has 1 atom stereocenters. The average molecular weight is 204 g/mol. The van der Waals surface area contributed by atoms with Gasteiger partial charge in [0.1, 0.15) is 0 Å². The second kappa shape index (κ2) is 5.41. The zero-order valence-corrected chi connectivity index (χ0v) is 8.41. The number of rotatable bonds is 1. The van der Waals surface area contributed by atoms with Crippen LogP contribution in [0.3, 0.4) is 0 Å². The van der Waals surface area contributed by atoms with Crippen molar-refractivity contribution in [3.8, 4) is 0 Å². The first kappa shape index (κ1) is 14.3. The van der Waals surface area contributed by atoms with Crippen molar-refractivity contribution in [2.45, 2.75) is 12.3 Å². The Balaban J connectivity index is -0.000000405. The first-order chi connectivity index (χ1) is 4.39. The summed E-state index contributed by atoms with van der Waals surface area (Å²) < 4.78 is 55.2. The maximum Gasteiger partial charge on any atom is 1.00 e. The van der Waals surface area contributed by atoms with Crippen molar-refractivity contribution in [1.29, 1.82) is 0 Å². The van der Waals surface area contributed by atoms with E-state index in [0.29, 0.717) is 0 Å². The second-order valence-corrected chi connectivity index (χ2v) is 1.30. The fourth-order valence-corrected chi connectivity index (χ4v) is 0.173. The zero-order valence-electron chi connectivity index (χ0n) is 6.28. The summed E-state index contributed by atoms with van der Waals surface area (Å²) in [5.74, 6) is -2.59. The zero-order chi connectivity index (χ0) is 8.36. The quantitative estimate of drug-likeness (QED) is 0.381. The maximum absolute atomic E-state index is 11.5. The van der Waals surface area contributed by atoms with Crippen molar-refractivity contribution in [2.24, 2.45) is 0 Å². The van der Waals surface area contributed by atoms with E-state index in [4.69, 9.17) is 0 Å². The van der Waals surface area contributed by atoms with Crippen LogP contribution in [0.25, 0.3) is 0 Å². The molecule has 8 heteroatoms. The van der Waals surface area contributed by atoms with Crippen LogP contribution >= 0.6 is 0 Å². The molecule has 0 aliphatic carbocycles. The average Bonchev–Trinajstić information content (AvgIpc) is 1.83. The van der Waals surface area contributed by atoms with Crippen molar-refractivity contribution in [3.63, 3.8) is 0 Å². The van der Waals surface area contributed by atoms with E-state index in [9.17, 15) is 26.9 Å². The summed E-state index contributed by atoms with van der Waals surface area (Å²) in [5, 5.41) is 0. The maximum atomic E-state index is 11.5. The van der Waals surface area contributed by atoms with Crippen molar-refractivity contribution in [2.75, 3.05) is 0 Å². The molecule has 0 saturated heterocycles. The van der Waals surface area contributed by atoms with E-state index in [1.54, 1.807) is 0 Å². The molecule has 0 heterocycles. The first-order valence-corrected chi connectivity index (χ1v) is 1.93. The van der Waals surface area contributed by atoms with Crippen LogP contribution in [0, 0.1) is 0 Å². The fraction of sp³-hybridized carbons (Fsp3) is 0.667. The predicted molar refractivity (Wildman–Crippen MR) is 19.3 cm³/mol. The largest absolute Gasteiger partial charge is 1.00 e. The minimum atomic E-state index is -5.40. The number of carbonyl (C=O) groups excluding carboxylic acids is 1. The topological polar surface area (TPSA) is 26.3 Å². The Labute approximate surface area is 102 Å². The Hall–Kier alpha value is 0.756. The van der Waals surface area contributed by atoms with Crippen LogP contribution in [0.4, 0.5) is 22.1 Å². The van der Waals surface area contributed by atoms with E-state index in [-0.39, 0.29) is 52.8 Å². The summed E-state index contributed by atoms with van der Waals surface area (Å²) in [4.78, 5) is 11.5. The van der Waals surface area contributed by atoms with Gasteiger partial charge in [-0.15, -0.1) is 0 Å². The van der Waals surface area contributed by atoms with Crippen LogP contribution in [0.1, 0.15) is 1.43 Å². The van der Waals surface area contributed by atoms with Gasteiger partial charge in [-0.1, -0.05) is 0 Å². The fourth-order valence-electron chi connectivity index (χ4n) is 0.173. The van der Waals surface area contributed by atoms with Crippen molar-refractivity contribution < 1.29 is 84.6 Å². The molecule has 62 valence electrons. The van der Waals surface area contributed by atoms with Crippen LogP contribution in [0.2, 0.25) is 0 Å². The molecular weight excluding hydrogens is 202 g/mol. The molecular formula is C3H2F5KO2. The Bertz CT molecular complexity index is 139. The first-order valence-electron chi connectivity index (χ1n) is 1.93. The van der Waals surface area contributed by atoms with Crippen LogP contribution in [-0.2, 0) is 9.74 Å². The molecule has 0 aromatic heterocycles. The predicted octanol–water partition coefficient (Wildman–Crippen LogP) is -1.57. The Kier molecular flexibility index (Phi) is 7.03. The molecule has 0 saturated carbocycles. The molecule has 0 fully saturated rings. The molecule has 0 aromatic rings. The van der Waals surface area contributed by atoms with Gasteiger partial charge in [-0.3, -0.25) is 4.94 Å². The van der Waals surface area contributed by atoms with Gasteiger partial charge in [0.2, 0.25) is 0 Å². The van der Waals surface area contributed by atoms with E-state index in [1.807, 2.05) is 4.94 Å². The summed E-state index contributed by atoms with van der Waals surface area (Å²) in [5.41, 5.74) is 0. The van der Waals surface area contributed by atoms with E-state index >= 15 is 0 Å². The van der Waals surface area contributed by atoms with Gasteiger partial charge in [-0.05, 0) is 0 Å². The van der Waals surface area contributed by atoms with Gasteiger partial charge in [-0.25, -0.2) is 9.18 Å². The summed E-state index contributed by atoms with van der Waals surface area (Å²) in [6.45, 7) is 0. The normalized spacial score (nSPS) is 13.2. The van der Waals surface area contributed by atoms with Gasteiger partial charge < -0.3 is 1.43 Å². The number of hydrogen-bond acceptors (Lipinski definition) is 2. The Morgan fingerprint density at radius 3 is 1.91 bits per heavy atom. The third-order valence-electron chi connectivity index (χ3n) is 0.570. The van der Waals surface area contributed by atoms with Gasteiger partial charge in [-0.2, -0.15) is 13.2 Å². The Morgan fingerprint density at radius 2 is 1.82 bits per heavy atom. The van der Waals surface area contributed by atoms with Crippen molar-refractivity contribution in [1.82, 2.24) is 0 Å². The summed E-state index contributed by atoms with van der Waals surface area (Å²) in [6.07, 6.45) is -9.30. The number of hydrogen-bond donors (Lipinski definition) is 0. The van der Waals surface area contributed by atoms with Gasteiger partial charge in [0.25, 0.3) is 6.17 Å². The molecule has 0 aliphatic heterocycles. The van der Waals surface area contributed by atoms with Gasteiger partial charge in [0, 0.05) is 4.53 Å². The standard InChI is InChI=1S/C3HF5O2.K.H/c4-1(2(9)10-8)3(5,6)7;;/h1H;;/q;+1;-1. The smallest absolute Gasteiger partial charge is 1.00 e. The summed E-state index contributed by atoms with van der Waals surface area (Å²) >= 11 is 0. The Morgan fingerprint density at radius 1 is 1.45 bits per heavy atom. The van der Waals surface area contributed by atoms with E-state index in [1.165, 1.54) is 0 Å². The molecule has 11 heavy (non-hydrogen) atoms. The van der Waals surface area contributed by atoms with Crippen LogP contribution in [0.15, 0.2) is 0 Å². The third-order valence-corrected chi connectivity index (χ3v) is 0.570. The molecule has 1 unspecified atom stereocenters. The molecule has 0 aromatic carbocycles. The molecule has 0 aliphatic rings. The van der Waals surface area contributed by atoms with Crippen molar-refractivity contribution >= 4 is 5.97 Å². The molecule has 0 rings (SSSR count). The van der Waals surface area contributed by atoms with E-state index in [2.05, 4.69) is 0 Å². The monoisotopic (exact) mass is 204 g/mol. The van der Waals surface area contributed by atoms with Crippen LogP contribution in [-0.4, -0.2) is 18.3 Å². The van der Waals surface area contributed by atoms with Crippen molar-refractivity contribution in [3.05, 3.63) is 0 Å². The van der Waals surface area contributed by atoms with Crippen LogP contribution in [0.5, 0.6) is 0 Å². The van der Waals surface area contributed by atoms with Gasteiger partial charge in [0.15, 0.2) is 0 Å². The SMILES string of the molecule is O=C(OF)C(F)C(F)(F)F.[H-].[K+]. The number of carbonyl (C=O) groups is 1. The molecule has 0 amide bonds. The molecule has 0 spiro atoms. The van der Waals surface area contributed by atoms with Gasteiger partial charge in [0.05, 0.1) is 0 Å². The molecule has 2 nitrogen and oxygen atoms in total. The summed E-state index contributed by atoms with van der Waals surface area (Å²) in [7, 11) is 0. The molecule has 0 radical (unpaired) electrons. The summed E-state index contributed by atoms with van der Waals surface area (Å²) in [6, 6.07) is 0. The van der Waals surface area contributed by atoms with E-state index < -0.39 is 18.3 Å². The molecule has 0 N–H and O–H groups in total. The van der Waals surface area contributed by atoms with Crippen LogP contribution < -0.4 is 51.4 Å². The minimum Gasteiger partial charge on any atom is -1.00 e.